The second-order valence-electron chi connectivity index (χ2n) is 7.56. The molecule has 30 heavy (non-hydrogen) atoms. The summed E-state index contributed by atoms with van der Waals surface area (Å²) in [6.45, 7) is 1.29. The maximum absolute atomic E-state index is 13.2. The first-order valence-electron chi connectivity index (χ1n) is 9.57. The Kier molecular flexibility index (Phi) is 7.02. The van der Waals surface area contributed by atoms with Gasteiger partial charge in [0.05, 0.1) is 5.75 Å². The summed E-state index contributed by atoms with van der Waals surface area (Å²) in [5.74, 6) is -0.548. The van der Waals surface area contributed by atoms with Crippen LogP contribution < -0.4 is 10.2 Å². The first-order chi connectivity index (χ1) is 14.3. The van der Waals surface area contributed by atoms with E-state index in [9.17, 15) is 13.2 Å². The number of nitrogens with one attached hydrogen (secondary N) is 1. The lowest BCUT2D eigenvalue weighted by atomic mass is 9.95. The summed E-state index contributed by atoms with van der Waals surface area (Å²) < 4.78 is 30.4. The standard InChI is InChI=1S/C21H25ClN2O5S/c1-24-12-10-21(11-13-24,20(25)23-26)30(27,28)15-17-4-8-19(9-5-17)29-14-16-2-6-18(22)7-3-16/h2-9,26H,10-15H2,1H3,(H,23,25). The molecule has 9 heteroatoms. The molecule has 1 heterocycles. The van der Waals surface area contributed by atoms with E-state index >= 15 is 0 Å². The second-order valence-corrected chi connectivity index (χ2v) is 10.3. The van der Waals surface area contributed by atoms with Crippen molar-refractivity contribution in [2.24, 2.45) is 0 Å². The van der Waals surface area contributed by atoms with Crippen LogP contribution in [0.4, 0.5) is 0 Å². The topological polar surface area (TPSA) is 95.9 Å². The maximum atomic E-state index is 13.2. The SMILES string of the molecule is CN1CCC(C(=O)NO)(S(=O)(=O)Cc2ccc(OCc3ccc(Cl)cc3)cc2)CC1. The molecule has 2 N–H and O–H groups in total. The normalized spacial score (nSPS) is 16.8. The van der Waals surface area contributed by atoms with Crippen LogP contribution >= 0.6 is 11.6 Å². The Hall–Kier alpha value is -2.13. The van der Waals surface area contributed by atoms with E-state index in [1.807, 2.05) is 24.1 Å². The highest BCUT2D eigenvalue weighted by Gasteiger charge is 2.51. The van der Waals surface area contributed by atoms with Crippen molar-refractivity contribution < 1.29 is 23.2 Å². The molecule has 1 saturated heterocycles. The van der Waals surface area contributed by atoms with Gasteiger partial charge in [-0.2, -0.15) is 0 Å². The number of hydroxylamine groups is 1. The van der Waals surface area contributed by atoms with E-state index in [0.29, 0.717) is 36.0 Å². The third-order valence-electron chi connectivity index (χ3n) is 5.50. The van der Waals surface area contributed by atoms with Crippen LogP contribution in [-0.4, -0.2) is 49.3 Å². The Morgan fingerprint density at radius 1 is 1.10 bits per heavy atom. The number of rotatable bonds is 7. The first kappa shape index (κ1) is 22.6. The average Bonchev–Trinajstić information content (AvgIpc) is 2.74. The molecule has 0 atom stereocenters. The minimum absolute atomic E-state index is 0.139. The third-order valence-corrected chi connectivity index (χ3v) is 8.25. The van der Waals surface area contributed by atoms with Crippen molar-refractivity contribution in [2.75, 3.05) is 20.1 Å². The molecule has 2 aromatic carbocycles. The minimum Gasteiger partial charge on any atom is -0.489 e. The number of hydrogen-bond acceptors (Lipinski definition) is 6. The summed E-state index contributed by atoms with van der Waals surface area (Å²) in [5.41, 5.74) is 3.08. The molecule has 2 aromatic rings. The number of likely N-dealkylation sites (tertiary alicyclic amines) is 1. The number of halogens is 1. The summed E-state index contributed by atoms with van der Waals surface area (Å²) in [4.78, 5) is 14.3. The Labute approximate surface area is 181 Å². The van der Waals surface area contributed by atoms with Gasteiger partial charge in [0.1, 0.15) is 12.4 Å². The predicted molar refractivity (Wildman–Crippen MR) is 114 cm³/mol. The molecule has 0 aromatic heterocycles. The van der Waals surface area contributed by atoms with Gasteiger partial charge in [-0.3, -0.25) is 10.0 Å². The number of carbonyl (C=O) groups excluding carboxylic acids is 1. The fourth-order valence-corrected chi connectivity index (χ4v) is 5.71. The second kappa shape index (κ2) is 9.34. The van der Waals surface area contributed by atoms with E-state index < -0.39 is 20.5 Å². The molecule has 0 radical (unpaired) electrons. The van der Waals surface area contributed by atoms with Gasteiger partial charge >= 0.3 is 0 Å². The molecule has 1 aliphatic heterocycles. The molecule has 0 aliphatic carbocycles. The molecule has 1 amide bonds. The molecule has 7 nitrogen and oxygen atoms in total. The highest BCUT2D eigenvalue weighted by atomic mass is 35.5. The van der Waals surface area contributed by atoms with E-state index in [1.165, 1.54) is 0 Å². The van der Waals surface area contributed by atoms with Crippen LogP contribution in [0.25, 0.3) is 0 Å². The molecule has 3 rings (SSSR count). The number of amides is 1. The van der Waals surface area contributed by atoms with Gasteiger partial charge in [0.25, 0.3) is 5.91 Å². The van der Waals surface area contributed by atoms with Gasteiger partial charge in [-0.1, -0.05) is 35.9 Å². The summed E-state index contributed by atoms with van der Waals surface area (Å²) in [5, 5.41) is 9.80. The predicted octanol–water partition coefficient (Wildman–Crippen LogP) is 2.80. The molecular formula is C21H25ClN2O5S. The largest absolute Gasteiger partial charge is 0.489 e. The third kappa shape index (κ3) is 4.95. The number of nitrogens with zero attached hydrogens (tertiary/aromatic N) is 1. The van der Waals surface area contributed by atoms with Crippen molar-refractivity contribution in [2.45, 2.75) is 29.9 Å². The van der Waals surface area contributed by atoms with Crippen LogP contribution in [0.15, 0.2) is 48.5 Å². The summed E-state index contributed by atoms with van der Waals surface area (Å²) in [7, 11) is -1.99. The van der Waals surface area contributed by atoms with Crippen molar-refractivity contribution in [3.05, 3.63) is 64.7 Å². The smallest absolute Gasteiger partial charge is 0.264 e. The lowest BCUT2D eigenvalue weighted by Crippen LogP contribution is -2.57. The minimum atomic E-state index is -3.86. The molecule has 0 spiro atoms. The van der Waals surface area contributed by atoms with Crippen LogP contribution in [0.3, 0.4) is 0 Å². The van der Waals surface area contributed by atoms with Gasteiger partial charge in [-0.05, 0) is 68.4 Å². The van der Waals surface area contributed by atoms with Crippen LogP contribution in [0.2, 0.25) is 5.02 Å². The summed E-state index contributed by atoms with van der Waals surface area (Å²) in [6.07, 6.45) is 0.279. The van der Waals surface area contributed by atoms with E-state index in [-0.39, 0.29) is 18.6 Å². The summed E-state index contributed by atoms with van der Waals surface area (Å²) >= 11 is 5.87. The lowest BCUT2D eigenvalue weighted by molar-refractivity contribution is -0.133. The zero-order valence-corrected chi connectivity index (χ0v) is 18.2. The Morgan fingerprint density at radius 2 is 1.67 bits per heavy atom. The Bertz CT molecular complexity index is 969. The van der Waals surface area contributed by atoms with Crippen molar-refractivity contribution >= 4 is 27.3 Å². The lowest BCUT2D eigenvalue weighted by Gasteiger charge is -2.38. The highest BCUT2D eigenvalue weighted by Crippen LogP contribution is 2.33. The fourth-order valence-electron chi connectivity index (χ4n) is 3.55. The number of hydrogen-bond donors (Lipinski definition) is 2. The molecule has 1 fully saturated rings. The van der Waals surface area contributed by atoms with Gasteiger partial charge in [0.2, 0.25) is 0 Å². The van der Waals surface area contributed by atoms with Gasteiger partial charge < -0.3 is 9.64 Å². The summed E-state index contributed by atoms with van der Waals surface area (Å²) in [6, 6.07) is 14.1. The zero-order valence-electron chi connectivity index (χ0n) is 16.7. The van der Waals surface area contributed by atoms with E-state index in [2.05, 4.69) is 0 Å². The monoisotopic (exact) mass is 452 g/mol. The molecule has 0 bridgehead atoms. The average molecular weight is 453 g/mol. The van der Waals surface area contributed by atoms with Gasteiger partial charge in [-0.25, -0.2) is 13.9 Å². The highest BCUT2D eigenvalue weighted by molar-refractivity contribution is 7.92. The Balaban J connectivity index is 1.69. The maximum Gasteiger partial charge on any atom is 0.264 e. The number of benzene rings is 2. The van der Waals surface area contributed by atoms with Crippen molar-refractivity contribution in [3.63, 3.8) is 0 Å². The molecule has 0 saturated carbocycles. The molecular weight excluding hydrogens is 428 g/mol. The van der Waals surface area contributed by atoms with E-state index in [1.54, 1.807) is 41.9 Å². The first-order valence-corrected chi connectivity index (χ1v) is 11.6. The molecule has 1 aliphatic rings. The van der Waals surface area contributed by atoms with Crippen LogP contribution in [0, 0.1) is 0 Å². The zero-order chi connectivity index (χ0) is 21.8. The van der Waals surface area contributed by atoms with Gasteiger partial charge in [0, 0.05) is 5.02 Å². The number of piperidine rings is 1. The number of carbonyl (C=O) groups is 1. The quantitative estimate of drug-likeness (QED) is 0.495. The van der Waals surface area contributed by atoms with Gasteiger partial charge in [-0.15, -0.1) is 0 Å². The number of ether oxygens (including phenoxy) is 1. The fraction of sp³-hybridized carbons (Fsp3) is 0.381. The van der Waals surface area contributed by atoms with Gasteiger partial charge in [0.15, 0.2) is 14.6 Å². The Morgan fingerprint density at radius 3 is 2.23 bits per heavy atom. The van der Waals surface area contributed by atoms with E-state index in [4.69, 9.17) is 21.5 Å². The number of sulfone groups is 1. The molecule has 162 valence electrons. The molecule has 0 unspecified atom stereocenters. The van der Waals surface area contributed by atoms with Crippen molar-refractivity contribution in [1.29, 1.82) is 0 Å². The van der Waals surface area contributed by atoms with Crippen LogP contribution in [0.5, 0.6) is 5.75 Å². The van der Waals surface area contributed by atoms with Crippen molar-refractivity contribution in [3.8, 4) is 5.75 Å². The van der Waals surface area contributed by atoms with E-state index in [0.717, 1.165) is 5.56 Å². The van der Waals surface area contributed by atoms with Crippen molar-refractivity contribution in [1.82, 2.24) is 10.4 Å². The van der Waals surface area contributed by atoms with Crippen LogP contribution in [0.1, 0.15) is 24.0 Å². The van der Waals surface area contributed by atoms with Crippen LogP contribution in [-0.2, 0) is 27.0 Å².